The molecule has 0 N–H and O–H groups in total. The predicted octanol–water partition coefficient (Wildman–Crippen LogP) is 3.80. The number of hydrogen-bond acceptors (Lipinski definition) is 2. The first-order valence-electron chi connectivity index (χ1n) is 8.36. The summed E-state index contributed by atoms with van der Waals surface area (Å²) < 4.78 is 13.0. The van der Waals surface area contributed by atoms with E-state index in [0.29, 0.717) is 18.9 Å². The molecule has 1 unspecified atom stereocenters. The van der Waals surface area contributed by atoms with Gasteiger partial charge in [-0.05, 0) is 56.3 Å². The van der Waals surface area contributed by atoms with E-state index in [9.17, 15) is 9.18 Å². The van der Waals surface area contributed by atoms with Crippen molar-refractivity contribution in [1.82, 2.24) is 4.90 Å². The quantitative estimate of drug-likeness (QED) is 0.853. The number of fused-ring (bicyclic) bond motifs is 1. The normalized spacial score (nSPS) is 17.0. The largest absolute Gasteiger partial charge is 0.312 e. The molecule has 2 aromatic rings. The number of carbonyl (C=O) groups is 1. The van der Waals surface area contributed by atoms with E-state index >= 15 is 0 Å². The summed E-state index contributed by atoms with van der Waals surface area (Å²) in [5.74, 6) is -0.117. The molecule has 3 nitrogen and oxygen atoms in total. The van der Waals surface area contributed by atoms with Gasteiger partial charge >= 0.3 is 0 Å². The van der Waals surface area contributed by atoms with E-state index in [0.717, 1.165) is 24.2 Å². The molecular formula is C20H23FN2O. The molecule has 0 saturated carbocycles. The number of amides is 1. The molecule has 1 aliphatic rings. The van der Waals surface area contributed by atoms with Gasteiger partial charge < -0.3 is 9.80 Å². The van der Waals surface area contributed by atoms with Gasteiger partial charge in [-0.3, -0.25) is 4.79 Å². The third kappa shape index (κ3) is 3.49. The van der Waals surface area contributed by atoms with E-state index in [1.807, 2.05) is 23.1 Å². The summed E-state index contributed by atoms with van der Waals surface area (Å²) in [6.45, 7) is 0.738. The first-order chi connectivity index (χ1) is 11.6. The smallest absolute Gasteiger partial charge is 0.227 e. The number of benzene rings is 2. The van der Waals surface area contributed by atoms with Crippen LogP contribution in [0, 0.1) is 5.82 Å². The van der Waals surface area contributed by atoms with Gasteiger partial charge in [0.1, 0.15) is 5.82 Å². The fourth-order valence-electron chi connectivity index (χ4n) is 3.38. The molecule has 1 heterocycles. The van der Waals surface area contributed by atoms with Crippen molar-refractivity contribution in [3.8, 4) is 0 Å². The lowest BCUT2D eigenvalue weighted by Crippen LogP contribution is -2.39. The van der Waals surface area contributed by atoms with E-state index in [1.165, 1.54) is 17.7 Å². The van der Waals surface area contributed by atoms with Gasteiger partial charge in [0.25, 0.3) is 0 Å². The fraction of sp³-hybridized carbons (Fsp3) is 0.350. The van der Waals surface area contributed by atoms with Crippen LogP contribution in [0.2, 0.25) is 0 Å². The highest BCUT2D eigenvalue weighted by Gasteiger charge is 2.29. The average molecular weight is 326 g/mol. The van der Waals surface area contributed by atoms with Crippen LogP contribution in [-0.2, 0) is 11.2 Å². The van der Waals surface area contributed by atoms with Crippen LogP contribution in [0.15, 0.2) is 48.5 Å². The molecule has 4 heteroatoms. The highest BCUT2D eigenvalue weighted by Crippen LogP contribution is 2.36. The Labute approximate surface area is 142 Å². The van der Waals surface area contributed by atoms with E-state index in [2.05, 4.69) is 25.1 Å². The summed E-state index contributed by atoms with van der Waals surface area (Å²) in [6, 6.07) is 14.9. The van der Waals surface area contributed by atoms with Crippen LogP contribution in [0.3, 0.4) is 0 Å². The lowest BCUT2D eigenvalue weighted by molar-refractivity contribution is -0.118. The minimum atomic E-state index is -0.246. The van der Waals surface area contributed by atoms with Crippen LogP contribution in [0.4, 0.5) is 10.1 Å². The Bertz CT molecular complexity index is 712. The van der Waals surface area contributed by atoms with Crippen LogP contribution < -0.4 is 4.90 Å². The van der Waals surface area contributed by atoms with Crippen LogP contribution in [0.25, 0.3) is 0 Å². The van der Waals surface area contributed by atoms with E-state index in [-0.39, 0.29) is 11.7 Å². The van der Waals surface area contributed by atoms with Crippen molar-refractivity contribution in [2.45, 2.75) is 25.3 Å². The maximum Gasteiger partial charge on any atom is 0.227 e. The van der Waals surface area contributed by atoms with Crippen molar-refractivity contribution >= 4 is 11.6 Å². The third-order valence-corrected chi connectivity index (χ3v) is 4.68. The number of anilines is 1. The molecule has 126 valence electrons. The van der Waals surface area contributed by atoms with Gasteiger partial charge in [-0.2, -0.15) is 0 Å². The molecule has 0 fully saturated rings. The monoisotopic (exact) mass is 326 g/mol. The van der Waals surface area contributed by atoms with Crippen LogP contribution >= 0.6 is 0 Å². The Kier molecular flexibility index (Phi) is 4.95. The van der Waals surface area contributed by atoms with Crippen molar-refractivity contribution in [3.63, 3.8) is 0 Å². The molecule has 0 aromatic heterocycles. The lowest BCUT2D eigenvalue weighted by atomic mass is 9.95. The zero-order chi connectivity index (χ0) is 17.1. The van der Waals surface area contributed by atoms with Crippen molar-refractivity contribution < 1.29 is 9.18 Å². The average Bonchev–Trinajstić information content (AvgIpc) is 2.60. The number of halogens is 1. The predicted molar refractivity (Wildman–Crippen MR) is 94.6 cm³/mol. The van der Waals surface area contributed by atoms with Gasteiger partial charge in [-0.25, -0.2) is 4.39 Å². The molecular weight excluding hydrogens is 303 g/mol. The molecule has 1 amide bonds. The van der Waals surface area contributed by atoms with E-state index < -0.39 is 0 Å². The highest BCUT2D eigenvalue weighted by molar-refractivity contribution is 5.94. The second-order valence-electron chi connectivity index (χ2n) is 6.50. The van der Waals surface area contributed by atoms with E-state index in [1.54, 1.807) is 12.1 Å². The van der Waals surface area contributed by atoms with Gasteiger partial charge in [-0.1, -0.05) is 30.3 Å². The SMILES string of the molecule is CN(C)C1CCN(C(=O)CCc2ccc(F)cc2)c2ccccc21. The fourth-order valence-corrected chi connectivity index (χ4v) is 3.38. The molecule has 1 aliphatic heterocycles. The van der Waals surface area contributed by atoms with Gasteiger partial charge in [0.05, 0.1) is 0 Å². The van der Waals surface area contributed by atoms with Crippen molar-refractivity contribution in [3.05, 3.63) is 65.5 Å². The molecule has 0 radical (unpaired) electrons. The summed E-state index contributed by atoms with van der Waals surface area (Å²) in [5, 5.41) is 0. The number of nitrogens with zero attached hydrogens (tertiary/aromatic N) is 2. The zero-order valence-electron chi connectivity index (χ0n) is 14.2. The Balaban J connectivity index is 1.73. The van der Waals surface area contributed by atoms with Gasteiger partial charge in [0.2, 0.25) is 5.91 Å². The van der Waals surface area contributed by atoms with Crippen molar-refractivity contribution in [2.75, 3.05) is 25.5 Å². The molecule has 24 heavy (non-hydrogen) atoms. The lowest BCUT2D eigenvalue weighted by Gasteiger charge is -2.37. The molecule has 3 rings (SSSR count). The second kappa shape index (κ2) is 7.14. The summed E-state index contributed by atoms with van der Waals surface area (Å²) in [4.78, 5) is 16.8. The Morgan fingerprint density at radius 2 is 1.88 bits per heavy atom. The van der Waals surface area contributed by atoms with Crippen LogP contribution in [0.5, 0.6) is 0 Å². The maximum atomic E-state index is 13.0. The molecule has 0 spiro atoms. The van der Waals surface area contributed by atoms with Crippen molar-refractivity contribution in [1.29, 1.82) is 0 Å². The molecule has 1 atom stereocenters. The molecule has 0 aliphatic carbocycles. The third-order valence-electron chi connectivity index (χ3n) is 4.68. The van der Waals surface area contributed by atoms with Crippen molar-refractivity contribution in [2.24, 2.45) is 0 Å². The first kappa shape index (κ1) is 16.7. The Morgan fingerprint density at radius 1 is 1.17 bits per heavy atom. The number of rotatable bonds is 4. The minimum absolute atomic E-state index is 0.129. The van der Waals surface area contributed by atoms with Gasteiger partial charge in [-0.15, -0.1) is 0 Å². The standard InChI is InChI=1S/C20H23FN2O/c1-22(2)18-13-14-23(19-6-4-3-5-17(18)19)20(24)12-9-15-7-10-16(21)11-8-15/h3-8,10-11,18H,9,12-14H2,1-2H3. The summed E-state index contributed by atoms with van der Waals surface area (Å²) >= 11 is 0. The topological polar surface area (TPSA) is 23.6 Å². The zero-order valence-corrected chi connectivity index (χ0v) is 14.2. The molecule has 0 bridgehead atoms. The van der Waals surface area contributed by atoms with Crippen LogP contribution in [0.1, 0.15) is 30.0 Å². The maximum absolute atomic E-state index is 13.0. The second-order valence-corrected chi connectivity index (χ2v) is 6.50. The minimum Gasteiger partial charge on any atom is -0.312 e. The Hall–Kier alpha value is -2.20. The number of aryl methyl sites for hydroxylation is 1. The number of para-hydroxylation sites is 1. The summed E-state index contributed by atoms with van der Waals surface area (Å²) in [5.41, 5.74) is 3.22. The molecule has 0 saturated heterocycles. The Morgan fingerprint density at radius 3 is 2.58 bits per heavy atom. The summed E-state index contributed by atoms with van der Waals surface area (Å²) in [7, 11) is 4.15. The van der Waals surface area contributed by atoms with Crippen LogP contribution in [-0.4, -0.2) is 31.4 Å². The van der Waals surface area contributed by atoms with Gasteiger partial charge in [0.15, 0.2) is 0 Å². The number of carbonyl (C=O) groups excluding carboxylic acids is 1. The van der Waals surface area contributed by atoms with E-state index in [4.69, 9.17) is 0 Å². The number of hydrogen-bond donors (Lipinski definition) is 0. The summed E-state index contributed by atoms with van der Waals surface area (Å²) in [6.07, 6.45) is 2.01. The first-order valence-corrected chi connectivity index (χ1v) is 8.36. The molecule has 2 aromatic carbocycles. The van der Waals surface area contributed by atoms with Gasteiger partial charge in [0, 0.05) is 24.7 Å². The highest BCUT2D eigenvalue weighted by atomic mass is 19.1.